The topological polar surface area (TPSA) is 26.3 Å². The fraction of sp³-hybridized carbons (Fsp3) is 0.500. The second kappa shape index (κ2) is 5.69. The minimum absolute atomic E-state index is 0.0480. The van der Waals surface area contributed by atoms with Crippen LogP contribution in [0.3, 0.4) is 0 Å². The van der Waals surface area contributed by atoms with Crippen LogP contribution in [0.25, 0.3) is 0 Å². The van der Waals surface area contributed by atoms with E-state index in [1.165, 1.54) is 5.56 Å². The van der Waals surface area contributed by atoms with Crippen LogP contribution in [0, 0.1) is 5.41 Å². The Labute approximate surface area is 97.6 Å². The smallest absolute Gasteiger partial charge is 0.306 e. The Balaban J connectivity index is 2.54. The van der Waals surface area contributed by atoms with Gasteiger partial charge in [-0.3, -0.25) is 4.79 Å². The van der Waals surface area contributed by atoms with E-state index in [4.69, 9.17) is 4.74 Å². The van der Waals surface area contributed by atoms with E-state index in [-0.39, 0.29) is 11.4 Å². The molecule has 1 aromatic carbocycles. The van der Waals surface area contributed by atoms with Gasteiger partial charge in [-0.15, -0.1) is 0 Å². The average Bonchev–Trinajstić information content (AvgIpc) is 2.17. The molecule has 0 radical (unpaired) electrons. The van der Waals surface area contributed by atoms with E-state index in [0.29, 0.717) is 13.0 Å². The molecule has 0 amide bonds. The third-order valence-corrected chi connectivity index (χ3v) is 2.45. The number of carbonyl (C=O) groups is 1. The van der Waals surface area contributed by atoms with Crippen LogP contribution >= 0.6 is 0 Å². The highest BCUT2D eigenvalue weighted by Crippen LogP contribution is 2.26. The molecule has 0 fully saturated rings. The van der Waals surface area contributed by atoms with Crippen molar-refractivity contribution in [1.29, 1.82) is 0 Å². The molecule has 2 heteroatoms. The second-order valence-electron chi connectivity index (χ2n) is 4.81. The molecule has 0 saturated heterocycles. The first-order chi connectivity index (χ1) is 7.53. The van der Waals surface area contributed by atoms with Gasteiger partial charge in [0, 0.05) is 0 Å². The lowest BCUT2D eigenvalue weighted by Gasteiger charge is -2.23. The Morgan fingerprint density at radius 2 is 1.88 bits per heavy atom. The van der Waals surface area contributed by atoms with E-state index in [1.54, 1.807) is 0 Å². The van der Waals surface area contributed by atoms with Gasteiger partial charge >= 0.3 is 5.97 Å². The first-order valence-corrected chi connectivity index (χ1v) is 5.73. The number of ether oxygens (including phenoxy) is 1. The van der Waals surface area contributed by atoms with E-state index < -0.39 is 0 Å². The highest BCUT2D eigenvalue weighted by molar-refractivity contribution is 5.70. The summed E-state index contributed by atoms with van der Waals surface area (Å²) in [6.45, 7) is 6.48. The van der Waals surface area contributed by atoms with Crippen LogP contribution in [0.1, 0.15) is 32.8 Å². The predicted molar refractivity (Wildman–Crippen MR) is 65.2 cm³/mol. The van der Waals surface area contributed by atoms with Gasteiger partial charge in [-0.2, -0.15) is 0 Å². The van der Waals surface area contributed by atoms with Crippen LogP contribution in [-0.2, 0) is 16.0 Å². The molecule has 0 N–H and O–H groups in total. The van der Waals surface area contributed by atoms with E-state index in [9.17, 15) is 4.79 Å². The molecule has 0 bridgehead atoms. The van der Waals surface area contributed by atoms with Gasteiger partial charge in [-0.05, 0) is 24.3 Å². The molecule has 0 atom stereocenters. The van der Waals surface area contributed by atoms with Crippen molar-refractivity contribution in [1.82, 2.24) is 0 Å². The van der Waals surface area contributed by atoms with Crippen molar-refractivity contribution in [3.05, 3.63) is 35.9 Å². The van der Waals surface area contributed by atoms with Gasteiger partial charge in [0.15, 0.2) is 0 Å². The second-order valence-corrected chi connectivity index (χ2v) is 4.81. The monoisotopic (exact) mass is 220 g/mol. The highest BCUT2D eigenvalue weighted by Gasteiger charge is 2.23. The maximum absolute atomic E-state index is 11.4. The summed E-state index contributed by atoms with van der Waals surface area (Å²) in [7, 11) is 0. The van der Waals surface area contributed by atoms with Crippen LogP contribution in [0.2, 0.25) is 0 Å². The Kier molecular flexibility index (Phi) is 4.53. The first kappa shape index (κ1) is 12.8. The molecule has 88 valence electrons. The molecule has 1 rings (SSSR count). The molecule has 16 heavy (non-hydrogen) atoms. The SMILES string of the molecule is CCOC(=O)CC(C)(C)Cc1ccccc1. The van der Waals surface area contributed by atoms with Crippen molar-refractivity contribution >= 4 is 5.97 Å². The minimum Gasteiger partial charge on any atom is -0.466 e. The molecular formula is C14H20O2. The predicted octanol–water partition coefficient (Wildman–Crippen LogP) is 3.21. The van der Waals surface area contributed by atoms with E-state index in [0.717, 1.165) is 6.42 Å². The molecule has 0 aliphatic rings. The lowest BCUT2D eigenvalue weighted by molar-refractivity contribution is -0.145. The van der Waals surface area contributed by atoms with Crippen molar-refractivity contribution in [3.8, 4) is 0 Å². The van der Waals surface area contributed by atoms with Crippen LogP contribution in [0.4, 0.5) is 0 Å². The summed E-state index contributed by atoms with van der Waals surface area (Å²) in [4.78, 5) is 11.4. The van der Waals surface area contributed by atoms with Gasteiger partial charge in [0.25, 0.3) is 0 Å². The van der Waals surface area contributed by atoms with Crippen LogP contribution in [0.15, 0.2) is 30.3 Å². The molecule has 0 saturated carbocycles. The third kappa shape index (κ3) is 4.47. The van der Waals surface area contributed by atoms with Gasteiger partial charge in [0.2, 0.25) is 0 Å². The van der Waals surface area contributed by atoms with Gasteiger partial charge < -0.3 is 4.74 Å². The molecule has 0 aromatic heterocycles. The minimum atomic E-state index is -0.108. The first-order valence-electron chi connectivity index (χ1n) is 5.73. The summed E-state index contributed by atoms with van der Waals surface area (Å²) >= 11 is 0. The lowest BCUT2D eigenvalue weighted by atomic mass is 9.83. The highest BCUT2D eigenvalue weighted by atomic mass is 16.5. The molecule has 2 nitrogen and oxygen atoms in total. The number of hydrogen-bond donors (Lipinski definition) is 0. The Morgan fingerprint density at radius 1 is 1.25 bits per heavy atom. The average molecular weight is 220 g/mol. The van der Waals surface area contributed by atoms with E-state index in [2.05, 4.69) is 26.0 Å². The Bertz CT molecular complexity index is 328. The molecule has 0 aliphatic heterocycles. The summed E-state index contributed by atoms with van der Waals surface area (Å²) in [6.07, 6.45) is 1.36. The van der Waals surface area contributed by atoms with Gasteiger partial charge in [0.05, 0.1) is 13.0 Å². The molecule has 0 aliphatic carbocycles. The Morgan fingerprint density at radius 3 is 2.44 bits per heavy atom. The summed E-state index contributed by atoms with van der Waals surface area (Å²) in [5, 5.41) is 0. The van der Waals surface area contributed by atoms with Crippen molar-refractivity contribution in [2.45, 2.75) is 33.6 Å². The summed E-state index contributed by atoms with van der Waals surface area (Å²) in [6, 6.07) is 10.2. The fourth-order valence-corrected chi connectivity index (χ4v) is 1.81. The quantitative estimate of drug-likeness (QED) is 0.712. The zero-order valence-electron chi connectivity index (χ0n) is 10.3. The van der Waals surface area contributed by atoms with Crippen LogP contribution in [0.5, 0.6) is 0 Å². The number of hydrogen-bond acceptors (Lipinski definition) is 2. The van der Waals surface area contributed by atoms with Crippen LogP contribution < -0.4 is 0 Å². The summed E-state index contributed by atoms with van der Waals surface area (Å²) in [5.74, 6) is -0.108. The van der Waals surface area contributed by atoms with Gasteiger partial charge in [-0.1, -0.05) is 44.2 Å². The largest absolute Gasteiger partial charge is 0.466 e. The lowest BCUT2D eigenvalue weighted by Crippen LogP contribution is -2.21. The molecule has 0 heterocycles. The summed E-state index contributed by atoms with van der Waals surface area (Å²) < 4.78 is 4.98. The van der Waals surface area contributed by atoms with E-state index in [1.807, 2.05) is 25.1 Å². The number of esters is 1. The normalized spacial score (nSPS) is 11.2. The molecule has 0 spiro atoms. The molecular weight excluding hydrogens is 200 g/mol. The van der Waals surface area contributed by atoms with Crippen molar-refractivity contribution in [3.63, 3.8) is 0 Å². The van der Waals surface area contributed by atoms with Crippen molar-refractivity contribution in [2.75, 3.05) is 6.61 Å². The number of rotatable bonds is 5. The third-order valence-electron chi connectivity index (χ3n) is 2.45. The van der Waals surface area contributed by atoms with Crippen LogP contribution in [-0.4, -0.2) is 12.6 Å². The number of benzene rings is 1. The number of carbonyl (C=O) groups excluding carboxylic acids is 1. The zero-order valence-corrected chi connectivity index (χ0v) is 10.3. The van der Waals surface area contributed by atoms with Gasteiger partial charge in [-0.25, -0.2) is 0 Å². The molecule has 1 aromatic rings. The maximum atomic E-state index is 11.4. The van der Waals surface area contributed by atoms with E-state index >= 15 is 0 Å². The fourth-order valence-electron chi connectivity index (χ4n) is 1.81. The summed E-state index contributed by atoms with van der Waals surface area (Å²) in [5.41, 5.74) is 1.21. The Hall–Kier alpha value is -1.31. The van der Waals surface area contributed by atoms with Crippen molar-refractivity contribution in [2.24, 2.45) is 5.41 Å². The molecule has 0 unspecified atom stereocenters. The van der Waals surface area contributed by atoms with Crippen molar-refractivity contribution < 1.29 is 9.53 Å². The standard InChI is InChI=1S/C14H20O2/c1-4-16-13(15)11-14(2,3)10-12-8-6-5-7-9-12/h5-9H,4,10-11H2,1-3H3. The zero-order chi connectivity index (χ0) is 12.0. The van der Waals surface area contributed by atoms with Gasteiger partial charge in [0.1, 0.15) is 0 Å². The maximum Gasteiger partial charge on any atom is 0.306 e.